The lowest BCUT2D eigenvalue weighted by molar-refractivity contribution is 0.257. The third-order valence-corrected chi connectivity index (χ3v) is 3.99. The van der Waals surface area contributed by atoms with Crippen molar-refractivity contribution in [3.8, 4) is 0 Å². The Morgan fingerprint density at radius 2 is 1.90 bits per heavy atom. The SMILES string of the molecule is CCCN(Cc1ccc(F)c(Br)c1)Cc1ccccc1N. The van der Waals surface area contributed by atoms with Crippen molar-refractivity contribution >= 4 is 21.6 Å². The Kier molecular flexibility index (Phi) is 5.76. The number of para-hydroxylation sites is 1. The molecule has 0 radical (unpaired) electrons. The first-order chi connectivity index (χ1) is 10.1. The highest BCUT2D eigenvalue weighted by Crippen LogP contribution is 2.20. The van der Waals surface area contributed by atoms with Gasteiger partial charge in [-0.3, -0.25) is 4.90 Å². The molecule has 112 valence electrons. The predicted molar refractivity (Wildman–Crippen MR) is 89.4 cm³/mol. The van der Waals surface area contributed by atoms with Crippen molar-refractivity contribution in [1.82, 2.24) is 4.90 Å². The van der Waals surface area contributed by atoms with E-state index in [0.717, 1.165) is 42.9 Å². The number of nitrogens with two attached hydrogens (primary N) is 1. The molecule has 0 spiro atoms. The molecule has 0 aliphatic rings. The van der Waals surface area contributed by atoms with Crippen molar-refractivity contribution in [3.63, 3.8) is 0 Å². The van der Waals surface area contributed by atoms with Crippen LogP contribution in [-0.4, -0.2) is 11.4 Å². The molecule has 2 rings (SSSR count). The standard InChI is InChI=1S/C17H20BrFN2/c1-2-9-21(12-14-5-3-4-6-17(14)20)11-13-7-8-16(19)15(18)10-13/h3-8,10H,2,9,11-12,20H2,1H3. The van der Waals surface area contributed by atoms with Crippen molar-refractivity contribution in [2.24, 2.45) is 0 Å². The minimum absolute atomic E-state index is 0.229. The summed E-state index contributed by atoms with van der Waals surface area (Å²) in [6.07, 6.45) is 1.06. The molecular weight excluding hydrogens is 331 g/mol. The van der Waals surface area contributed by atoms with Gasteiger partial charge in [-0.05, 0) is 58.2 Å². The number of rotatable bonds is 6. The third kappa shape index (κ3) is 4.55. The lowest BCUT2D eigenvalue weighted by Gasteiger charge is -2.23. The molecular formula is C17H20BrFN2. The first kappa shape index (κ1) is 16.0. The average molecular weight is 351 g/mol. The maximum Gasteiger partial charge on any atom is 0.137 e. The highest BCUT2D eigenvalue weighted by molar-refractivity contribution is 9.10. The van der Waals surface area contributed by atoms with E-state index in [1.807, 2.05) is 30.3 Å². The van der Waals surface area contributed by atoms with Crippen LogP contribution in [-0.2, 0) is 13.1 Å². The van der Waals surface area contributed by atoms with Gasteiger partial charge in [-0.15, -0.1) is 0 Å². The summed E-state index contributed by atoms with van der Waals surface area (Å²) >= 11 is 3.24. The van der Waals surface area contributed by atoms with Gasteiger partial charge in [0, 0.05) is 18.8 Å². The summed E-state index contributed by atoms with van der Waals surface area (Å²) in [6, 6.07) is 13.1. The molecule has 0 aliphatic carbocycles. The molecule has 0 aliphatic heterocycles. The Morgan fingerprint density at radius 3 is 2.57 bits per heavy atom. The van der Waals surface area contributed by atoms with E-state index in [1.165, 1.54) is 6.07 Å². The van der Waals surface area contributed by atoms with Crippen LogP contribution in [0.25, 0.3) is 0 Å². The first-order valence-electron chi connectivity index (χ1n) is 7.09. The molecule has 4 heteroatoms. The van der Waals surface area contributed by atoms with Crippen LogP contribution in [0.3, 0.4) is 0 Å². The molecule has 2 N–H and O–H groups in total. The van der Waals surface area contributed by atoms with Gasteiger partial charge in [0.05, 0.1) is 4.47 Å². The molecule has 2 aromatic carbocycles. The fourth-order valence-electron chi connectivity index (χ4n) is 2.35. The number of nitrogens with zero attached hydrogens (tertiary/aromatic N) is 1. The lowest BCUT2D eigenvalue weighted by atomic mass is 10.1. The van der Waals surface area contributed by atoms with Gasteiger partial charge < -0.3 is 5.73 Å². The van der Waals surface area contributed by atoms with E-state index < -0.39 is 0 Å². The highest BCUT2D eigenvalue weighted by Gasteiger charge is 2.09. The zero-order chi connectivity index (χ0) is 15.2. The molecule has 0 atom stereocenters. The minimum atomic E-state index is -0.229. The molecule has 21 heavy (non-hydrogen) atoms. The largest absolute Gasteiger partial charge is 0.398 e. The molecule has 2 aromatic rings. The van der Waals surface area contributed by atoms with Gasteiger partial charge in [-0.2, -0.15) is 0 Å². The summed E-state index contributed by atoms with van der Waals surface area (Å²) in [7, 11) is 0. The Balaban J connectivity index is 2.11. The van der Waals surface area contributed by atoms with Gasteiger partial charge >= 0.3 is 0 Å². The van der Waals surface area contributed by atoms with Crippen molar-refractivity contribution in [3.05, 3.63) is 63.9 Å². The maximum atomic E-state index is 13.3. The van der Waals surface area contributed by atoms with Gasteiger partial charge in [-0.1, -0.05) is 31.2 Å². The van der Waals surface area contributed by atoms with Crippen molar-refractivity contribution in [2.45, 2.75) is 26.4 Å². The van der Waals surface area contributed by atoms with Crippen LogP contribution in [0.4, 0.5) is 10.1 Å². The van der Waals surface area contributed by atoms with E-state index in [2.05, 4.69) is 33.8 Å². The fraction of sp³-hybridized carbons (Fsp3) is 0.294. The van der Waals surface area contributed by atoms with Crippen molar-refractivity contribution in [1.29, 1.82) is 0 Å². The Morgan fingerprint density at radius 1 is 1.14 bits per heavy atom. The van der Waals surface area contributed by atoms with Gasteiger partial charge in [0.2, 0.25) is 0 Å². The lowest BCUT2D eigenvalue weighted by Crippen LogP contribution is -2.24. The number of halogens is 2. The second kappa shape index (κ2) is 7.57. The van der Waals surface area contributed by atoms with Gasteiger partial charge in [0.25, 0.3) is 0 Å². The molecule has 0 fully saturated rings. The molecule has 0 amide bonds. The predicted octanol–water partition coefficient (Wildman–Crippen LogP) is 4.58. The van der Waals surface area contributed by atoms with E-state index in [-0.39, 0.29) is 5.82 Å². The van der Waals surface area contributed by atoms with Crippen molar-refractivity contribution in [2.75, 3.05) is 12.3 Å². The van der Waals surface area contributed by atoms with E-state index in [9.17, 15) is 4.39 Å². The quantitative estimate of drug-likeness (QED) is 0.772. The summed E-state index contributed by atoms with van der Waals surface area (Å²) in [4.78, 5) is 2.32. The van der Waals surface area contributed by atoms with Crippen LogP contribution in [0.5, 0.6) is 0 Å². The molecule has 0 saturated carbocycles. The fourth-order valence-corrected chi connectivity index (χ4v) is 2.77. The number of benzene rings is 2. The van der Waals surface area contributed by atoms with E-state index in [1.54, 1.807) is 0 Å². The summed E-state index contributed by atoms with van der Waals surface area (Å²) in [6.45, 7) is 4.71. The number of hydrogen-bond donors (Lipinski definition) is 1. The molecule has 0 heterocycles. The van der Waals surface area contributed by atoms with E-state index in [4.69, 9.17) is 5.73 Å². The molecule has 0 bridgehead atoms. The average Bonchev–Trinajstić information content (AvgIpc) is 2.46. The zero-order valence-electron chi connectivity index (χ0n) is 12.2. The first-order valence-corrected chi connectivity index (χ1v) is 7.89. The van der Waals surface area contributed by atoms with Crippen LogP contribution >= 0.6 is 15.9 Å². The summed E-state index contributed by atoms with van der Waals surface area (Å²) in [5, 5.41) is 0. The van der Waals surface area contributed by atoms with E-state index >= 15 is 0 Å². The summed E-state index contributed by atoms with van der Waals surface area (Å²) in [5.74, 6) is -0.229. The highest BCUT2D eigenvalue weighted by atomic mass is 79.9. The molecule has 0 saturated heterocycles. The van der Waals surface area contributed by atoms with E-state index in [0.29, 0.717) is 4.47 Å². The van der Waals surface area contributed by atoms with Crippen molar-refractivity contribution < 1.29 is 4.39 Å². The second-order valence-electron chi connectivity index (χ2n) is 5.16. The Bertz CT molecular complexity index is 601. The number of nitrogen functional groups attached to an aromatic ring is 1. The van der Waals surface area contributed by atoms with Gasteiger partial charge in [0.1, 0.15) is 5.82 Å². The second-order valence-corrected chi connectivity index (χ2v) is 6.01. The van der Waals surface area contributed by atoms with Crippen LogP contribution < -0.4 is 5.73 Å². The monoisotopic (exact) mass is 350 g/mol. The molecule has 2 nitrogen and oxygen atoms in total. The third-order valence-electron chi connectivity index (χ3n) is 3.38. The number of anilines is 1. The van der Waals surface area contributed by atoms with Gasteiger partial charge in [-0.25, -0.2) is 4.39 Å². The summed E-state index contributed by atoms with van der Waals surface area (Å²) in [5.41, 5.74) is 9.06. The van der Waals surface area contributed by atoms with Crippen LogP contribution in [0.1, 0.15) is 24.5 Å². The zero-order valence-corrected chi connectivity index (χ0v) is 13.7. The van der Waals surface area contributed by atoms with Crippen LogP contribution in [0.2, 0.25) is 0 Å². The topological polar surface area (TPSA) is 29.3 Å². The van der Waals surface area contributed by atoms with Crippen LogP contribution in [0, 0.1) is 5.82 Å². The summed E-state index contributed by atoms with van der Waals surface area (Å²) < 4.78 is 13.8. The van der Waals surface area contributed by atoms with Gasteiger partial charge in [0.15, 0.2) is 0 Å². The maximum absolute atomic E-state index is 13.3. The molecule has 0 unspecified atom stereocenters. The smallest absolute Gasteiger partial charge is 0.137 e. The Hall–Kier alpha value is -1.39. The minimum Gasteiger partial charge on any atom is -0.398 e. The molecule has 0 aromatic heterocycles. The normalized spacial score (nSPS) is 11.0. The van der Waals surface area contributed by atoms with Crippen LogP contribution in [0.15, 0.2) is 46.9 Å². The Labute approximate surface area is 133 Å². The number of hydrogen-bond acceptors (Lipinski definition) is 2.